The second-order valence-electron chi connectivity index (χ2n) is 4.43. The van der Waals surface area contributed by atoms with E-state index in [1.807, 2.05) is 0 Å². The molecule has 1 unspecified atom stereocenters. The van der Waals surface area contributed by atoms with Crippen LogP contribution in [-0.2, 0) is 28.5 Å². The molecular formula is C13H26N2O6. The molecule has 0 bridgehead atoms. The van der Waals surface area contributed by atoms with E-state index in [4.69, 9.17) is 30.4 Å². The number of hydrogen-bond acceptors (Lipinski definition) is 6. The van der Waals surface area contributed by atoms with Crippen LogP contribution in [0, 0.1) is 5.92 Å². The lowest BCUT2D eigenvalue weighted by Crippen LogP contribution is -2.25. The molecule has 0 aromatic heterocycles. The molecule has 0 radical (unpaired) electrons. The predicted molar refractivity (Wildman–Crippen MR) is 75.4 cm³/mol. The van der Waals surface area contributed by atoms with Crippen molar-refractivity contribution in [1.82, 2.24) is 0 Å². The first-order chi connectivity index (χ1) is 10.0. The highest BCUT2D eigenvalue weighted by atomic mass is 16.6. The molecule has 0 aliphatic heterocycles. The SMILES string of the molecule is CC(COCCOCCOCCOCCC(N)=O)C(N)=O. The summed E-state index contributed by atoms with van der Waals surface area (Å²) in [6.07, 6.45) is 0.220. The van der Waals surface area contributed by atoms with Crippen molar-refractivity contribution in [2.24, 2.45) is 17.4 Å². The largest absolute Gasteiger partial charge is 0.379 e. The molecule has 0 heterocycles. The number of carbonyl (C=O) groups excluding carboxylic acids is 2. The maximum atomic E-state index is 10.7. The summed E-state index contributed by atoms with van der Waals surface area (Å²) < 4.78 is 20.9. The minimum Gasteiger partial charge on any atom is -0.379 e. The van der Waals surface area contributed by atoms with Gasteiger partial charge in [0.2, 0.25) is 11.8 Å². The first-order valence-electron chi connectivity index (χ1n) is 6.92. The van der Waals surface area contributed by atoms with Gasteiger partial charge in [0.1, 0.15) is 0 Å². The summed E-state index contributed by atoms with van der Waals surface area (Å²) in [7, 11) is 0. The Balaban J connectivity index is 3.09. The molecular weight excluding hydrogens is 280 g/mol. The Labute approximate surface area is 125 Å². The van der Waals surface area contributed by atoms with Gasteiger partial charge in [0.25, 0.3) is 0 Å². The van der Waals surface area contributed by atoms with E-state index in [2.05, 4.69) is 0 Å². The summed E-state index contributed by atoms with van der Waals surface area (Å²) >= 11 is 0. The Morgan fingerprint density at radius 2 is 1.24 bits per heavy atom. The van der Waals surface area contributed by atoms with Crippen LogP contribution in [0.15, 0.2) is 0 Å². The number of ether oxygens (including phenoxy) is 4. The molecule has 0 aromatic rings. The highest BCUT2D eigenvalue weighted by Crippen LogP contribution is 1.93. The quantitative estimate of drug-likeness (QED) is 0.376. The molecule has 0 aliphatic rings. The molecule has 8 heteroatoms. The van der Waals surface area contributed by atoms with Crippen molar-refractivity contribution in [3.63, 3.8) is 0 Å². The van der Waals surface area contributed by atoms with Crippen LogP contribution in [0.4, 0.5) is 0 Å². The zero-order valence-electron chi connectivity index (χ0n) is 12.5. The maximum Gasteiger partial charge on any atom is 0.222 e. The highest BCUT2D eigenvalue weighted by molar-refractivity contribution is 5.76. The summed E-state index contributed by atoms with van der Waals surface area (Å²) in [4.78, 5) is 21.1. The van der Waals surface area contributed by atoms with Gasteiger partial charge in [0.05, 0.1) is 58.8 Å². The van der Waals surface area contributed by atoms with Crippen molar-refractivity contribution in [2.45, 2.75) is 13.3 Å². The maximum absolute atomic E-state index is 10.7. The summed E-state index contributed by atoms with van der Waals surface area (Å²) in [5.74, 6) is -1.04. The number of primary amides is 2. The van der Waals surface area contributed by atoms with E-state index in [1.54, 1.807) is 6.92 Å². The summed E-state index contributed by atoms with van der Waals surface area (Å²) in [6, 6.07) is 0. The Bertz CT molecular complexity index is 288. The van der Waals surface area contributed by atoms with Gasteiger partial charge in [-0.1, -0.05) is 6.92 Å². The van der Waals surface area contributed by atoms with Crippen LogP contribution >= 0.6 is 0 Å². The molecule has 0 spiro atoms. The molecule has 0 aromatic carbocycles. The van der Waals surface area contributed by atoms with Crippen LogP contribution in [0.2, 0.25) is 0 Å². The lowest BCUT2D eigenvalue weighted by atomic mass is 10.2. The average molecular weight is 306 g/mol. The minimum absolute atomic E-state index is 0.220. The van der Waals surface area contributed by atoms with Gasteiger partial charge in [-0.05, 0) is 0 Å². The molecule has 1 atom stereocenters. The van der Waals surface area contributed by atoms with Gasteiger partial charge in [-0.2, -0.15) is 0 Å². The third kappa shape index (κ3) is 15.0. The number of amides is 2. The van der Waals surface area contributed by atoms with Crippen molar-refractivity contribution in [3.05, 3.63) is 0 Å². The Kier molecular flexibility index (Phi) is 13.0. The molecule has 8 nitrogen and oxygen atoms in total. The van der Waals surface area contributed by atoms with E-state index in [-0.39, 0.29) is 24.2 Å². The number of nitrogens with two attached hydrogens (primary N) is 2. The van der Waals surface area contributed by atoms with Crippen molar-refractivity contribution in [2.75, 3.05) is 52.9 Å². The van der Waals surface area contributed by atoms with Gasteiger partial charge in [0.15, 0.2) is 0 Å². The van der Waals surface area contributed by atoms with Gasteiger partial charge >= 0.3 is 0 Å². The zero-order chi connectivity index (χ0) is 15.9. The van der Waals surface area contributed by atoms with Gasteiger partial charge in [0, 0.05) is 6.42 Å². The number of hydrogen-bond donors (Lipinski definition) is 2. The van der Waals surface area contributed by atoms with E-state index in [9.17, 15) is 9.59 Å². The highest BCUT2D eigenvalue weighted by Gasteiger charge is 2.07. The lowest BCUT2D eigenvalue weighted by Gasteiger charge is -2.09. The Hall–Kier alpha value is -1.22. The Morgan fingerprint density at radius 3 is 1.67 bits per heavy atom. The molecule has 0 saturated carbocycles. The first-order valence-corrected chi connectivity index (χ1v) is 6.92. The van der Waals surface area contributed by atoms with E-state index < -0.39 is 0 Å². The predicted octanol–water partition coefficient (Wildman–Crippen LogP) is -0.950. The van der Waals surface area contributed by atoms with Crippen molar-refractivity contribution in [3.8, 4) is 0 Å². The number of carbonyl (C=O) groups is 2. The molecule has 4 N–H and O–H groups in total. The van der Waals surface area contributed by atoms with Gasteiger partial charge in [-0.3, -0.25) is 9.59 Å². The standard InChI is InChI=1S/C13H26N2O6/c1-11(13(15)17)10-21-9-8-20-7-6-19-5-4-18-3-2-12(14)16/h11H,2-10H2,1H3,(H2,14,16)(H2,15,17). The fourth-order valence-electron chi connectivity index (χ4n) is 1.17. The summed E-state index contributed by atoms with van der Waals surface area (Å²) in [6.45, 7) is 4.94. The summed E-state index contributed by atoms with van der Waals surface area (Å²) in [5.41, 5.74) is 10.0. The van der Waals surface area contributed by atoms with Crippen molar-refractivity contribution >= 4 is 11.8 Å². The first kappa shape index (κ1) is 19.8. The lowest BCUT2D eigenvalue weighted by molar-refractivity contribution is -0.123. The zero-order valence-corrected chi connectivity index (χ0v) is 12.5. The van der Waals surface area contributed by atoms with Crippen LogP contribution < -0.4 is 11.5 Å². The van der Waals surface area contributed by atoms with Crippen LogP contribution in [0.5, 0.6) is 0 Å². The van der Waals surface area contributed by atoms with Crippen molar-refractivity contribution < 1.29 is 28.5 Å². The molecule has 0 rings (SSSR count). The third-order valence-corrected chi connectivity index (χ3v) is 2.46. The van der Waals surface area contributed by atoms with Crippen molar-refractivity contribution in [1.29, 1.82) is 0 Å². The normalized spacial score (nSPS) is 12.2. The second kappa shape index (κ2) is 13.7. The molecule has 21 heavy (non-hydrogen) atoms. The molecule has 0 fully saturated rings. The minimum atomic E-state index is -0.378. The van der Waals surface area contributed by atoms with Crippen LogP contribution in [0.25, 0.3) is 0 Å². The molecule has 124 valence electrons. The Morgan fingerprint density at radius 1 is 0.810 bits per heavy atom. The van der Waals surface area contributed by atoms with Crippen LogP contribution in [0.3, 0.4) is 0 Å². The smallest absolute Gasteiger partial charge is 0.222 e. The van der Waals surface area contributed by atoms with Crippen LogP contribution in [0.1, 0.15) is 13.3 Å². The fourth-order valence-corrected chi connectivity index (χ4v) is 1.17. The molecule has 0 aliphatic carbocycles. The van der Waals surface area contributed by atoms with Gasteiger partial charge < -0.3 is 30.4 Å². The molecule has 2 amide bonds. The average Bonchev–Trinajstić information content (AvgIpc) is 2.43. The third-order valence-electron chi connectivity index (χ3n) is 2.46. The summed E-state index contributed by atoms with van der Waals surface area (Å²) in [5, 5.41) is 0. The fraction of sp³-hybridized carbons (Fsp3) is 0.846. The van der Waals surface area contributed by atoms with E-state index in [0.29, 0.717) is 52.9 Å². The second-order valence-corrected chi connectivity index (χ2v) is 4.43. The van der Waals surface area contributed by atoms with E-state index in [1.165, 1.54) is 0 Å². The monoisotopic (exact) mass is 306 g/mol. The topological polar surface area (TPSA) is 123 Å². The van der Waals surface area contributed by atoms with Gasteiger partial charge in [-0.25, -0.2) is 0 Å². The van der Waals surface area contributed by atoms with Gasteiger partial charge in [-0.15, -0.1) is 0 Å². The van der Waals surface area contributed by atoms with E-state index in [0.717, 1.165) is 0 Å². The molecule has 0 saturated heterocycles. The van der Waals surface area contributed by atoms with E-state index >= 15 is 0 Å². The van der Waals surface area contributed by atoms with Crippen LogP contribution in [-0.4, -0.2) is 64.7 Å². The number of rotatable bonds is 15.